The first kappa shape index (κ1) is 9.75. The third-order valence-electron chi connectivity index (χ3n) is 2.06. The van der Waals surface area contributed by atoms with E-state index < -0.39 is 22.7 Å². The summed E-state index contributed by atoms with van der Waals surface area (Å²) in [6.45, 7) is 0. The maximum atomic E-state index is 12.5. The van der Waals surface area contributed by atoms with Gasteiger partial charge in [0.25, 0.3) is 5.56 Å². The van der Waals surface area contributed by atoms with E-state index in [1.807, 2.05) is 0 Å². The second kappa shape index (κ2) is 2.85. The zero-order valence-electron chi connectivity index (χ0n) is 7.59. The van der Waals surface area contributed by atoms with Gasteiger partial charge in [0, 0.05) is 13.2 Å². The average molecular weight is 217 g/mol. The van der Waals surface area contributed by atoms with E-state index in [1.54, 1.807) is 0 Å². The van der Waals surface area contributed by atoms with Gasteiger partial charge in [-0.15, -0.1) is 0 Å². The number of hydrogen-bond acceptors (Lipinski definition) is 2. The summed E-state index contributed by atoms with van der Waals surface area (Å²) < 4.78 is 38.7. The van der Waals surface area contributed by atoms with Gasteiger partial charge in [-0.1, -0.05) is 0 Å². The number of nitrogens with zero attached hydrogens (tertiary/aromatic N) is 2. The first-order valence-electron chi connectivity index (χ1n) is 4.01. The van der Waals surface area contributed by atoms with Crippen LogP contribution in [0.5, 0.6) is 0 Å². The van der Waals surface area contributed by atoms with Crippen molar-refractivity contribution in [2.75, 3.05) is 0 Å². The van der Waals surface area contributed by atoms with Crippen LogP contribution in [0.3, 0.4) is 0 Å². The molecule has 0 aliphatic carbocycles. The third-order valence-corrected chi connectivity index (χ3v) is 2.06. The molecule has 0 atom stereocenters. The van der Waals surface area contributed by atoms with Crippen molar-refractivity contribution in [3.63, 3.8) is 0 Å². The molecule has 0 aliphatic rings. The van der Waals surface area contributed by atoms with Crippen LogP contribution in [0, 0.1) is 0 Å². The van der Waals surface area contributed by atoms with Crippen molar-refractivity contribution in [2.45, 2.75) is 6.18 Å². The van der Waals surface area contributed by atoms with Crippen molar-refractivity contribution >= 4 is 11.0 Å². The lowest BCUT2D eigenvalue weighted by Crippen LogP contribution is -2.12. The molecular formula is C8H6F3N3O. The second-order valence-electron chi connectivity index (χ2n) is 3.08. The van der Waals surface area contributed by atoms with Gasteiger partial charge < -0.3 is 9.55 Å². The Kier molecular flexibility index (Phi) is 1.85. The van der Waals surface area contributed by atoms with Crippen LogP contribution in [0.15, 0.2) is 17.3 Å². The lowest BCUT2D eigenvalue weighted by Gasteiger charge is -2.02. The van der Waals surface area contributed by atoms with Gasteiger partial charge >= 0.3 is 6.18 Å². The first-order chi connectivity index (χ1) is 6.91. The quantitative estimate of drug-likeness (QED) is 0.722. The molecule has 7 heteroatoms. The fourth-order valence-corrected chi connectivity index (χ4v) is 1.43. The van der Waals surface area contributed by atoms with Crippen LogP contribution in [-0.2, 0) is 13.2 Å². The summed E-state index contributed by atoms with van der Waals surface area (Å²) in [5, 5.41) is -0.424. The van der Waals surface area contributed by atoms with E-state index in [1.165, 1.54) is 11.6 Å². The van der Waals surface area contributed by atoms with Gasteiger partial charge in [-0.25, -0.2) is 4.98 Å². The number of hydrogen-bond donors (Lipinski definition) is 1. The van der Waals surface area contributed by atoms with Gasteiger partial charge in [-0.05, 0) is 0 Å². The van der Waals surface area contributed by atoms with Gasteiger partial charge in [-0.2, -0.15) is 13.2 Å². The van der Waals surface area contributed by atoms with E-state index in [-0.39, 0.29) is 5.65 Å². The van der Waals surface area contributed by atoms with Crippen LogP contribution in [0.2, 0.25) is 0 Å². The standard InChI is InChI=1S/C8H6F3N3O/c1-14-2-4(8(9,10)11)5-6(14)12-3-13-7(5)15/h2-3H,1H3,(H,12,13,15). The molecule has 2 rings (SSSR count). The molecule has 0 spiro atoms. The molecule has 0 amide bonds. The maximum Gasteiger partial charge on any atom is 0.418 e. The fourth-order valence-electron chi connectivity index (χ4n) is 1.43. The highest BCUT2D eigenvalue weighted by atomic mass is 19.4. The van der Waals surface area contributed by atoms with E-state index >= 15 is 0 Å². The van der Waals surface area contributed by atoms with Gasteiger partial charge in [-0.3, -0.25) is 4.79 Å². The van der Waals surface area contributed by atoms with Crippen molar-refractivity contribution in [1.82, 2.24) is 14.5 Å². The molecule has 2 aromatic rings. The molecule has 2 heterocycles. The third kappa shape index (κ3) is 1.39. The monoisotopic (exact) mass is 217 g/mol. The summed E-state index contributed by atoms with van der Waals surface area (Å²) >= 11 is 0. The number of H-pyrrole nitrogens is 1. The van der Waals surface area contributed by atoms with E-state index in [9.17, 15) is 18.0 Å². The molecule has 0 saturated carbocycles. The highest BCUT2D eigenvalue weighted by molar-refractivity contribution is 5.79. The predicted octanol–water partition coefficient (Wildman–Crippen LogP) is 1.28. The number of aromatic amines is 1. The Labute approximate surface area is 81.4 Å². The molecule has 0 aromatic carbocycles. The molecule has 0 fully saturated rings. The highest BCUT2D eigenvalue weighted by Gasteiger charge is 2.35. The summed E-state index contributed by atoms with van der Waals surface area (Å²) in [4.78, 5) is 17.1. The van der Waals surface area contributed by atoms with Crippen LogP contribution >= 0.6 is 0 Å². The number of aromatic nitrogens is 3. The molecule has 0 aliphatic heterocycles. The first-order valence-corrected chi connectivity index (χ1v) is 4.01. The Hall–Kier alpha value is -1.79. The van der Waals surface area contributed by atoms with Gasteiger partial charge in [0.15, 0.2) is 0 Å². The van der Waals surface area contributed by atoms with Gasteiger partial charge in [0.05, 0.1) is 17.3 Å². The predicted molar refractivity (Wildman–Crippen MR) is 46.3 cm³/mol. The fraction of sp³-hybridized carbons (Fsp3) is 0.250. The van der Waals surface area contributed by atoms with Crippen molar-refractivity contribution in [2.24, 2.45) is 7.05 Å². The lowest BCUT2D eigenvalue weighted by molar-refractivity contribution is -0.136. The minimum absolute atomic E-state index is 0.0195. The van der Waals surface area contributed by atoms with E-state index in [0.29, 0.717) is 0 Å². The summed E-state index contributed by atoms with van der Waals surface area (Å²) in [5.74, 6) is 0. The molecule has 80 valence electrons. The normalized spacial score (nSPS) is 12.3. The number of fused-ring (bicyclic) bond motifs is 1. The van der Waals surface area contributed by atoms with Crippen LogP contribution in [-0.4, -0.2) is 14.5 Å². The van der Waals surface area contributed by atoms with E-state index in [4.69, 9.17) is 0 Å². The molecule has 1 N–H and O–H groups in total. The molecule has 0 unspecified atom stereocenters. The summed E-state index contributed by atoms with van der Waals surface area (Å²) in [6.07, 6.45) is -2.62. The number of halogens is 3. The zero-order valence-corrected chi connectivity index (χ0v) is 7.59. The molecule has 15 heavy (non-hydrogen) atoms. The number of aryl methyl sites for hydroxylation is 1. The average Bonchev–Trinajstić information content (AvgIpc) is 2.45. The number of rotatable bonds is 0. The minimum atomic E-state index is -4.55. The maximum absolute atomic E-state index is 12.5. The van der Waals surface area contributed by atoms with Crippen molar-refractivity contribution in [3.8, 4) is 0 Å². The Bertz CT molecular complexity index is 566. The van der Waals surface area contributed by atoms with Crippen LogP contribution in [0.25, 0.3) is 11.0 Å². The topological polar surface area (TPSA) is 50.7 Å². The smallest absolute Gasteiger partial charge is 0.335 e. The van der Waals surface area contributed by atoms with E-state index in [0.717, 1.165) is 12.5 Å². The van der Waals surface area contributed by atoms with Gasteiger partial charge in [0.2, 0.25) is 0 Å². The number of alkyl halides is 3. The molecule has 0 saturated heterocycles. The van der Waals surface area contributed by atoms with Crippen LogP contribution in [0.4, 0.5) is 13.2 Å². The summed E-state index contributed by atoms with van der Waals surface area (Å²) in [6, 6.07) is 0. The SMILES string of the molecule is Cn1cc(C(F)(F)F)c2c(=O)[nH]cnc21. The zero-order chi connectivity index (χ0) is 11.2. The van der Waals surface area contributed by atoms with Crippen molar-refractivity contribution in [3.05, 3.63) is 28.4 Å². The minimum Gasteiger partial charge on any atom is -0.335 e. The second-order valence-corrected chi connectivity index (χ2v) is 3.08. The van der Waals surface area contributed by atoms with E-state index in [2.05, 4.69) is 9.97 Å². The van der Waals surface area contributed by atoms with Crippen LogP contribution < -0.4 is 5.56 Å². The Morgan fingerprint density at radius 1 is 1.47 bits per heavy atom. The lowest BCUT2D eigenvalue weighted by atomic mass is 10.2. The molecular weight excluding hydrogens is 211 g/mol. The Morgan fingerprint density at radius 2 is 2.13 bits per heavy atom. The van der Waals surface area contributed by atoms with Crippen LogP contribution in [0.1, 0.15) is 5.56 Å². The molecule has 0 bridgehead atoms. The molecule has 2 aromatic heterocycles. The van der Waals surface area contributed by atoms with Crippen molar-refractivity contribution < 1.29 is 13.2 Å². The Morgan fingerprint density at radius 3 is 2.73 bits per heavy atom. The van der Waals surface area contributed by atoms with Gasteiger partial charge in [0.1, 0.15) is 5.65 Å². The largest absolute Gasteiger partial charge is 0.418 e. The van der Waals surface area contributed by atoms with Crippen molar-refractivity contribution in [1.29, 1.82) is 0 Å². The number of nitrogens with one attached hydrogen (secondary N) is 1. The Balaban J connectivity index is 2.94. The summed E-state index contributed by atoms with van der Waals surface area (Å²) in [5.41, 5.74) is -1.73. The summed E-state index contributed by atoms with van der Waals surface area (Å²) in [7, 11) is 1.41. The molecule has 4 nitrogen and oxygen atoms in total. The highest BCUT2D eigenvalue weighted by Crippen LogP contribution is 2.33. The molecule has 0 radical (unpaired) electrons.